The summed E-state index contributed by atoms with van der Waals surface area (Å²) < 4.78 is 11.2. The highest BCUT2D eigenvalue weighted by atomic mass is 16.5. The maximum absolute atomic E-state index is 11.9. The number of carbonyl (C=O) groups excluding carboxylic acids is 1. The van der Waals surface area contributed by atoms with E-state index in [0.717, 1.165) is 22.4 Å². The van der Waals surface area contributed by atoms with Gasteiger partial charge in [-0.1, -0.05) is 24.3 Å². The summed E-state index contributed by atoms with van der Waals surface area (Å²) in [6.07, 6.45) is 0.830. The van der Waals surface area contributed by atoms with Crippen molar-refractivity contribution in [1.82, 2.24) is 10.3 Å². The average Bonchev–Trinajstić information content (AvgIpc) is 3.00. The number of oxazole rings is 1. The zero-order chi connectivity index (χ0) is 16.8. The Bertz CT molecular complexity index is 812. The largest absolute Gasteiger partial charge is 0.492 e. The summed E-state index contributed by atoms with van der Waals surface area (Å²) in [4.78, 5) is 16.3. The highest BCUT2D eigenvalue weighted by Gasteiger charge is 2.08. The molecule has 1 heterocycles. The van der Waals surface area contributed by atoms with E-state index < -0.39 is 0 Å². The number of fused-ring (bicyclic) bond motifs is 1. The zero-order valence-electron chi connectivity index (χ0n) is 13.6. The van der Waals surface area contributed by atoms with Gasteiger partial charge in [-0.25, -0.2) is 4.98 Å². The Hall–Kier alpha value is -2.82. The van der Waals surface area contributed by atoms with Gasteiger partial charge in [0.15, 0.2) is 11.5 Å². The number of nitrogens with one attached hydrogen (secondary N) is 1. The van der Waals surface area contributed by atoms with Gasteiger partial charge in [0.2, 0.25) is 5.91 Å². The molecule has 0 aliphatic carbocycles. The lowest BCUT2D eigenvalue weighted by atomic mass is 10.2. The van der Waals surface area contributed by atoms with E-state index in [0.29, 0.717) is 31.9 Å². The van der Waals surface area contributed by atoms with Crippen LogP contribution in [0.3, 0.4) is 0 Å². The fraction of sp³-hybridized carbons (Fsp3) is 0.263. The van der Waals surface area contributed by atoms with Crippen LogP contribution in [0.5, 0.6) is 5.75 Å². The molecular formula is C19H20N2O3. The summed E-state index contributed by atoms with van der Waals surface area (Å²) >= 11 is 0. The van der Waals surface area contributed by atoms with E-state index in [1.807, 2.05) is 55.5 Å². The number of hydrogen-bond acceptors (Lipinski definition) is 4. The van der Waals surface area contributed by atoms with Crippen LogP contribution in [0.2, 0.25) is 0 Å². The van der Waals surface area contributed by atoms with Crippen molar-refractivity contribution in [2.45, 2.75) is 19.8 Å². The third-order valence-corrected chi connectivity index (χ3v) is 3.59. The summed E-state index contributed by atoms with van der Waals surface area (Å²) in [5.74, 6) is 1.35. The number of aryl methyl sites for hydroxylation is 2. The summed E-state index contributed by atoms with van der Waals surface area (Å²) in [6.45, 7) is 2.93. The predicted octanol–water partition coefficient (Wildman–Crippen LogP) is 3.26. The van der Waals surface area contributed by atoms with Crippen molar-refractivity contribution >= 4 is 17.0 Å². The van der Waals surface area contributed by atoms with Gasteiger partial charge >= 0.3 is 0 Å². The SMILES string of the molecule is Cc1ccc2oc(CCC(=O)NCCOc3ccccc3)nc2c1. The Morgan fingerprint density at radius 2 is 2.04 bits per heavy atom. The van der Waals surface area contributed by atoms with Crippen LogP contribution < -0.4 is 10.1 Å². The molecule has 0 fully saturated rings. The second kappa shape index (κ2) is 7.64. The predicted molar refractivity (Wildman–Crippen MR) is 92.0 cm³/mol. The fourth-order valence-corrected chi connectivity index (χ4v) is 2.38. The molecule has 0 unspecified atom stereocenters. The van der Waals surface area contributed by atoms with E-state index >= 15 is 0 Å². The third kappa shape index (κ3) is 4.35. The van der Waals surface area contributed by atoms with Crippen molar-refractivity contribution in [3.8, 4) is 5.75 Å². The molecule has 5 heteroatoms. The normalized spacial score (nSPS) is 10.7. The van der Waals surface area contributed by atoms with E-state index in [1.54, 1.807) is 0 Å². The van der Waals surface area contributed by atoms with Gasteiger partial charge in [-0.05, 0) is 36.8 Å². The number of amides is 1. The van der Waals surface area contributed by atoms with Crippen LogP contribution in [0.1, 0.15) is 17.9 Å². The Balaban J connectivity index is 1.40. The maximum atomic E-state index is 11.9. The second-order valence-corrected chi connectivity index (χ2v) is 5.59. The number of hydrogen-bond donors (Lipinski definition) is 1. The molecule has 1 aromatic heterocycles. The van der Waals surface area contributed by atoms with Gasteiger partial charge in [-0.15, -0.1) is 0 Å². The molecule has 0 spiro atoms. The molecule has 24 heavy (non-hydrogen) atoms. The molecule has 0 bridgehead atoms. The number of benzene rings is 2. The van der Waals surface area contributed by atoms with Gasteiger partial charge in [-0.2, -0.15) is 0 Å². The van der Waals surface area contributed by atoms with Crippen LogP contribution in [0.25, 0.3) is 11.1 Å². The molecular weight excluding hydrogens is 304 g/mol. The van der Waals surface area contributed by atoms with Crippen LogP contribution in [0.15, 0.2) is 52.9 Å². The number of aromatic nitrogens is 1. The summed E-state index contributed by atoms with van der Waals surface area (Å²) in [5, 5.41) is 2.83. The topological polar surface area (TPSA) is 64.4 Å². The lowest BCUT2D eigenvalue weighted by molar-refractivity contribution is -0.121. The lowest BCUT2D eigenvalue weighted by Crippen LogP contribution is -2.28. The summed E-state index contributed by atoms with van der Waals surface area (Å²) in [7, 11) is 0. The van der Waals surface area contributed by atoms with E-state index in [4.69, 9.17) is 9.15 Å². The molecule has 1 N–H and O–H groups in total. The highest BCUT2D eigenvalue weighted by Crippen LogP contribution is 2.17. The molecule has 2 aromatic carbocycles. The Morgan fingerprint density at radius 1 is 1.21 bits per heavy atom. The molecule has 5 nitrogen and oxygen atoms in total. The van der Waals surface area contributed by atoms with Crippen molar-refractivity contribution in [3.05, 3.63) is 60.0 Å². The minimum atomic E-state index is -0.0369. The first-order chi connectivity index (χ1) is 11.7. The zero-order valence-corrected chi connectivity index (χ0v) is 13.6. The van der Waals surface area contributed by atoms with Crippen LogP contribution in [0, 0.1) is 6.92 Å². The number of carbonyl (C=O) groups is 1. The molecule has 3 aromatic rings. The van der Waals surface area contributed by atoms with Gasteiger partial charge in [0.1, 0.15) is 17.9 Å². The van der Waals surface area contributed by atoms with E-state index in [1.165, 1.54) is 0 Å². The highest BCUT2D eigenvalue weighted by molar-refractivity contribution is 5.76. The maximum Gasteiger partial charge on any atom is 0.220 e. The van der Waals surface area contributed by atoms with Crippen molar-refractivity contribution in [2.24, 2.45) is 0 Å². The first-order valence-electron chi connectivity index (χ1n) is 8.01. The molecule has 0 atom stereocenters. The van der Waals surface area contributed by atoms with Crippen LogP contribution in [0.4, 0.5) is 0 Å². The fourth-order valence-electron chi connectivity index (χ4n) is 2.38. The molecule has 0 radical (unpaired) electrons. The minimum absolute atomic E-state index is 0.0369. The van der Waals surface area contributed by atoms with Gasteiger partial charge in [-0.3, -0.25) is 4.79 Å². The molecule has 0 saturated heterocycles. The smallest absolute Gasteiger partial charge is 0.220 e. The molecule has 3 rings (SSSR count). The van der Waals surface area contributed by atoms with Crippen LogP contribution in [-0.2, 0) is 11.2 Å². The van der Waals surface area contributed by atoms with E-state index in [2.05, 4.69) is 10.3 Å². The quantitative estimate of drug-likeness (QED) is 0.678. The van der Waals surface area contributed by atoms with Crippen molar-refractivity contribution in [3.63, 3.8) is 0 Å². The number of nitrogens with zero attached hydrogens (tertiary/aromatic N) is 1. The minimum Gasteiger partial charge on any atom is -0.492 e. The molecule has 0 aliphatic heterocycles. The third-order valence-electron chi connectivity index (χ3n) is 3.59. The number of ether oxygens (including phenoxy) is 1. The van der Waals surface area contributed by atoms with Crippen LogP contribution >= 0.6 is 0 Å². The van der Waals surface area contributed by atoms with Gasteiger partial charge in [0, 0.05) is 12.8 Å². The first kappa shape index (κ1) is 16.1. The summed E-state index contributed by atoms with van der Waals surface area (Å²) in [6, 6.07) is 15.4. The van der Waals surface area contributed by atoms with Gasteiger partial charge < -0.3 is 14.5 Å². The Labute approximate surface area is 140 Å². The summed E-state index contributed by atoms with van der Waals surface area (Å²) in [5.41, 5.74) is 2.73. The lowest BCUT2D eigenvalue weighted by Gasteiger charge is -2.07. The molecule has 0 aliphatic rings. The molecule has 1 amide bonds. The van der Waals surface area contributed by atoms with Crippen LogP contribution in [-0.4, -0.2) is 24.0 Å². The van der Waals surface area contributed by atoms with Gasteiger partial charge in [0.25, 0.3) is 0 Å². The Morgan fingerprint density at radius 3 is 2.88 bits per heavy atom. The standard InChI is InChI=1S/C19H20N2O3/c1-14-7-8-17-16(13-14)21-19(24-17)10-9-18(22)20-11-12-23-15-5-3-2-4-6-15/h2-8,13H,9-12H2,1H3,(H,20,22). The number of para-hydroxylation sites is 1. The average molecular weight is 324 g/mol. The van der Waals surface area contributed by atoms with Crippen molar-refractivity contribution < 1.29 is 13.9 Å². The second-order valence-electron chi connectivity index (χ2n) is 5.59. The van der Waals surface area contributed by atoms with Crippen molar-refractivity contribution in [1.29, 1.82) is 0 Å². The monoisotopic (exact) mass is 324 g/mol. The number of rotatable bonds is 7. The van der Waals surface area contributed by atoms with E-state index in [-0.39, 0.29) is 5.91 Å². The molecule has 0 saturated carbocycles. The molecule has 124 valence electrons. The Kier molecular flexibility index (Phi) is 5.11. The van der Waals surface area contributed by atoms with Crippen molar-refractivity contribution in [2.75, 3.05) is 13.2 Å². The first-order valence-corrected chi connectivity index (χ1v) is 8.01. The van der Waals surface area contributed by atoms with E-state index in [9.17, 15) is 4.79 Å². The van der Waals surface area contributed by atoms with Gasteiger partial charge in [0.05, 0.1) is 6.54 Å².